The number of pyridine rings is 1. The molecule has 36 heavy (non-hydrogen) atoms. The summed E-state index contributed by atoms with van der Waals surface area (Å²) < 4.78 is 29.7. The number of piperazine rings is 1. The smallest absolute Gasteiger partial charge is 0.247 e. The van der Waals surface area contributed by atoms with Crippen molar-refractivity contribution in [1.29, 1.82) is 0 Å². The summed E-state index contributed by atoms with van der Waals surface area (Å²) in [7, 11) is -1.45. The Morgan fingerprint density at radius 2 is 1.64 bits per heavy atom. The van der Waals surface area contributed by atoms with Gasteiger partial charge in [0.05, 0.1) is 10.6 Å². The highest BCUT2D eigenvalue weighted by atomic mass is 32.2. The predicted molar refractivity (Wildman–Crippen MR) is 143 cm³/mol. The third kappa shape index (κ3) is 5.20. The summed E-state index contributed by atoms with van der Waals surface area (Å²) in [6, 6.07) is 20.6. The maximum atomic E-state index is 12.7. The lowest BCUT2D eigenvalue weighted by Gasteiger charge is -2.34. The fourth-order valence-corrected chi connectivity index (χ4v) is 5.62. The molecule has 0 radical (unpaired) electrons. The monoisotopic (exact) mass is 505 g/mol. The van der Waals surface area contributed by atoms with E-state index < -0.39 is 10.0 Å². The van der Waals surface area contributed by atoms with Crippen molar-refractivity contribution in [2.24, 2.45) is 0 Å². The van der Waals surface area contributed by atoms with Crippen LogP contribution in [0.5, 0.6) is 0 Å². The maximum Gasteiger partial charge on any atom is 0.247 e. The lowest BCUT2D eigenvalue weighted by molar-refractivity contribution is 0.313. The molecule has 1 fully saturated rings. The van der Waals surface area contributed by atoms with Crippen LogP contribution in [0.4, 0.5) is 17.3 Å². The normalized spacial score (nSPS) is 15.1. The van der Waals surface area contributed by atoms with Crippen LogP contribution in [0.15, 0.2) is 71.6 Å². The molecule has 2 aromatic heterocycles. The molecule has 0 bridgehead atoms. The van der Waals surface area contributed by atoms with Gasteiger partial charge in [-0.05, 0) is 69.4 Å². The zero-order chi connectivity index (χ0) is 25.3. The molecule has 1 aliphatic heterocycles. The summed E-state index contributed by atoms with van der Waals surface area (Å²) in [5.74, 6) is 0.472. The second-order valence-electron chi connectivity index (χ2n) is 9.38. The fourth-order valence-electron chi connectivity index (χ4n) is 4.33. The van der Waals surface area contributed by atoms with Crippen LogP contribution >= 0.6 is 0 Å². The first-order valence-electron chi connectivity index (χ1n) is 12.1. The van der Waals surface area contributed by atoms with Crippen LogP contribution in [0.1, 0.15) is 13.8 Å². The standard InChI is InChI=1S/C26H31N7O2S/c1-19(2)30-36(34,35)23-7-4-6-20(18-23)24-8-5-9-25-28-26(29-33(24)25)27-21-10-12-22(13-11-21)32-16-14-31(3)15-17-32/h4-13,18-19,30H,14-17H2,1-3H3,(H,27,29). The number of nitrogens with one attached hydrogen (secondary N) is 2. The summed E-state index contributed by atoms with van der Waals surface area (Å²) in [5, 5.41) is 7.95. The lowest BCUT2D eigenvalue weighted by atomic mass is 10.1. The van der Waals surface area contributed by atoms with E-state index >= 15 is 0 Å². The largest absolute Gasteiger partial charge is 0.369 e. The average Bonchev–Trinajstić information content (AvgIpc) is 3.27. The van der Waals surface area contributed by atoms with Crippen molar-refractivity contribution in [2.45, 2.75) is 24.8 Å². The molecule has 2 N–H and O–H groups in total. The van der Waals surface area contributed by atoms with Crippen molar-refractivity contribution in [3.8, 4) is 11.3 Å². The fraction of sp³-hybridized carbons (Fsp3) is 0.308. The molecule has 0 atom stereocenters. The number of fused-ring (bicyclic) bond motifs is 1. The molecule has 9 nitrogen and oxygen atoms in total. The van der Waals surface area contributed by atoms with Gasteiger partial charge < -0.3 is 15.1 Å². The van der Waals surface area contributed by atoms with Crippen LogP contribution in [0.25, 0.3) is 16.9 Å². The molecule has 0 saturated carbocycles. The number of nitrogens with zero attached hydrogens (tertiary/aromatic N) is 5. The Bertz CT molecular complexity index is 1460. The molecular weight excluding hydrogens is 474 g/mol. The van der Waals surface area contributed by atoms with Gasteiger partial charge in [-0.1, -0.05) is 18.2 Å². The first-order valence-corrected chi connectivity index (χ1v) is 13.6. The molecule has 188 valence electrons. The van der Waals surface area contributed by atoms with Crippen molar-refractivity contribution in [2.75, 3.05) is 43.4 Å². The Morgan fingerprint density at radius 3 is 2.36 bits per heavy atom. The molecule has 10 heteroatoms. The Kier molecular flexibility index (Phi) is 6.65. The topological polar surface area (TPSA) is 94.9 Å². The summed E-state index contributed by atoms with van der Waals surface area (Å²) >= 11 is 0. The van der Waals surface area contributed by atoms with E-state index in [4.69, 9.17) is 0 Å². The Morgan fingerprint density at radius 1 is 0.917 bits per heavy atom. The highest BCUT2D eigenvalue weighted by Gasteiger charge is 2.18. The molecular formula is C26H31N7O2S. The number of rotatable bonds is 7. The van der Waals surface area contributed by atoms with Gasteiger partial charge in [-0.2, -0.15) is 4.98 Å². The van der Waals surface area contributed by atoms with Gasteiger partial charge in [0, 0.05) is 49.2 Å². The molecule has 0 spiro atoms. The van der Waals surface area contributed by atoms with Gasteiger partial charge in [0.15, 0.2) is 5.65 Å². The van der Waals surface area contributed by atoms with Crippen molar-refractivity contribution in [3.05, 3.63) is 66.7 Å². The number of hydrogen-bond acceptors (Lipinski definition) is 7. The molecule has 0 aliphatic carbocycles. The van der Waals surface area contributed by atoms with Crippen LogP contribution < -0.4 is 14.9 Å². The number of sulfonamides is 1. The minimum atomic E-state index is -3.61. The molecule has 0 unspecified atom stereocenters. The lowest BCUT2D eigenvalue weighted by Crippen LogP contribution is -2.44. The van der Waals surface area contributed by atoms with Gasteiger partial charge in [0.1, 0.15) is 0 Å². The van der Waals surface area contributed by atoms with E-state index in [-0.39, 0.29) is 10.9 Å². The number of hydrogen-bond donors (Lipinski definition) is 2. The summed E-state index contributed by atoms with van der Waals surface area (Å²) in [6.07, 6.45) is 0. The first-order chi connectivity index (χ1) is 17.3. The van der Waals surface area contributed by atoms with Gasteiger partial charge in [-0.15, -0.1) is 5.10 Å². The third-order valence-electron chi connectivity index (χ3n) is 6.18. The van der Waals surface area contributed by atoms with Crippen molar-refractivity contribution < 1.29 is 8.42 Å². The van der Waals surface area contributed by atoms with Crippen LogP contribution in [0, 0.1) is 0 Å². The average molecular weight is 506 g/mol. The number of aromatic nitrogens is 3. The molecule has 1 aliphatic rings. The van der Waals surface area contributed by atoms with E-state index in [9.17, 15) is 8.42 Å². The second-order valence-corrected chi connectivity index (χ2v) is 11.1. The molecule has 5 rings (SSSR count). The minimum absolute atomic E-state index is 0.193. The van der Waals surface area contributed by atoms with E-state index in [2.05, 4.69) is 49.1 Å². The Balaban J connectivity index is 1.39. The van der Waals surface area contributed by atoms with Crippen LogP contribution in [0.3, 0.4) is 0 Å². The van der Waals surface area contributed by atoms with Crippen LogP contribution in [-0.2, 0) is 10.0 Å². The molecule has 3 heterocycles. The molecule has 4 aromatic rings. The summed E-state index contributed by atoms with van der Waals surface area (Å²) in [6.45, 7) is 7.78. The zero-order valence-electron chi connectivity index (χ0n) is 20.7. The number of benzene rings is 2. The van der Waals surface area contributed by atoms with Gasteiger partial charge in [0.25, 0.3) is 0 Å². The van der Waals surface area contributed by atoms with Crippen LogP contribution in [-0.4, -0.2) is 67.2 Å². The Labute approximate surface area is 211 Å². The zero-order valence-corrected chi connectivity index (χ0v) is 21.5. The minimum Gasteiger partial charge on any atom is -0.369 e. The summed E-state index contributed by atoms with van der Waals surface area (Å²) in [5.41, 5.74) is 4.26. The van der Waals surface area contributed by atoms with Crippen LogP contribution in [0.2, 0.25) is 0 Å². The highest BCUT2D eigenvalue weighted by Crippen LogP contribution is 2.25. The predicted octanol–water partition coefficient (Wildman–Crippen LogP) is 3.58. The van der Waals surface area contributed by atoms with Gasteiger partial charge >= 0.3 is 0 Å². The second kappa shape index (κ2) is 9.88. The van der Waals surface area contributed by atoms with E-state index in [0.29, 0.717) is 11.6 Å². The quantitative estimate of drug-likeness (QED) is 0.396. The van der Waals surface area contributed by atoms with E-state index in [1.165, 1.54) is 5.69 Å². The van der Waals surface area contributed by atoms with E-state index in [1.807, 2.05) is 36.4 Å². The van der Waals surface area contributed by atoms with Crippen molar-refractivity contribution >= 4 is 33.0 Å². The SMILES string of the molecule is CC(C)NS(=O)(=O)c1cccc(-c2cccc3nc(Nc4ccc(N5CCN(C)CC5)cc4)nn23)c1. The first kappa shape index (κ1) is 24.2. The molecule has 2 aromatic carbocycles. The third-order valence-corrected chi connectivity index (χ3v) is 7.84. The highest BCUT2D eigenvalue weighted by molar-refractivity contribution is 7.89. The maximum absolute atomic E-state index is 12.7. The van der Waals surface area contributed by atoms with Crippen molar-refractivity contribution in [3.63, 3.8) is 0 Å². The van der Waals surface area contributed by atoms with Crippen molar-refractivity contribution in [1.82, 2.24) is 24.2 Å². The van der Waals surface area contributed by atoms with Gasteiger partial charge in [0.2, 0.25) is 16.0 Å². The van der Waals surface area contributed by atoms with Gasteiger partial charge in [-0.3, -0.25) is 0 Å². The summed E-state index contributed by atoms with van der Waals surface area (Å²) in [4.78, 5) is 9.57. The number of likely N-dealkylation sites (N-methyl/N-ethyl adjacent to an activating group) is 1. The molecule has 1 saturated heterocycles. The Hall–Kier alpha value is -3.47. The number of anilines is 3. The van der Waals surface area contributed by atoms with E-state index in [1.54, 1.807) is 36.6 Å². The molecule has 0 amide bonds. The van der Waals surface area contributed by atoms with Gasteiger partial charge in [-0.25, -0.2) is 17.7 Å². The van der Waals surface area contributed by atoms with E-state index in [0.717, 1.165) is 43.1 Å².